The number of benzene rings is 2. The van der Waals surface area contributed by atoms with E-state index in [1.807, 2.05) is 58.2 Å². The van der Waals surface area contributed by atoms with E-state index in [1.54, 1.807) is 6.20 Å². The van der Waals surface area contributed by atoms with Gasteiger partial charge in [-0.05, 0) is 54.3 Å². The van der Waals surface area contributed by atoms with Crippen LogP contribution in [0, 0.1) is 0 Å². The van der Waals surface area contributed by atoms with Crippen LogP contribution in [0.2, 0.25) is 0 Å². The third-order valence-electron chi connectivity index (χ3n) is 5.14. The van der Waals surface area contributed by atoms with Crippen molar-refractivity contribution < 1.29 is 9.59 Å². The van der Waals surface area contributed by atoms with Crippen LogP contribution in [0.3, 0.4) is 0 Å². The maximum absolute atomic E-state index is 12.5. The van der Waals surface area contributed by atoms with Crippen molar-refractivity contribution in [2.45, 2.75) is 25.8 Å². The quantitative estimate of drug-likeness (QED) is 0.677. The first-order chi connectivity index (χ1) is 14.2. The molecule has 29 heavy (non-hydrogen) atoms. The standard InChI is InChI=1S/C23H24N4O2/c28-22-6-2-14-26(22)17-19-4-1-5-20(16-19)23(29)24-13-11-18-7-9-21(10-8-18)27-15-3-12-25-27/h1,3-5,7-10,12,15-16H,2,6,11,13-14,17H2,(H,24,29). The minimum Gasteiger partial charge on any atom is -0.352 e. The molecule has 1 N–H and O–H groups in total. The molecule has 6 nitrogen and oxygen atoms in total. The number of rotatable bonds is 7. The molecule has 1 saturated heterocycles. The lowest BCUT2D eigenvalue weighted by Crippen LogP contribution is -2.26. The Labute approximate surface area is 170 Å². The second-order valence-electron chi connectivity index (χ2n) is 7.24. The van der Waals surface area contributed by atoms with Gasteiger partial charge >= 0.3 is 0 Å². The van der Waals surface area contributed by atoms with Crippen molar-refractivity contribution in [1.82, 2.24) is 20.0 Å². The van der Waals surface area contributed by atoms with Crippen LogP contribution in [-0.4, -0.2) is 39.6 Å². The normalized spacial score (nSPS) is 13.7. The van der Waals surface area contributed by atoms with Crippen LogP contribution in [0.4, 0.5) is 0 Å². The summed E-state index contributed by atoms with van der Waals surface area (Å²) in [5, 5.41) is 7.20. The predicted octanol–water partition coefficient (Wildman–Crippen LogP) is 2.97. The van der Waals surface area contributed by atoms with E-state index in [0.29, 0.717) is 25.1 Å². The Morgan fingerprint density at radius 1 is 1.07 bits per heavy atom. The number of hydrogen-bond acceptors (Lipinski definition) is 3. The van der Waals surface area contributed by atoms with Crippen molar-refractivity contribution in [2.75, 3.05) is 13.1 Å². The van der Waals surface area contributed by atoms with Crippen molar-refractivity contribution in [3.63, 3.8) is 0 Å². The van der Waals surface area contributed by atoms with E-state index in [9.17, 15) is 9.59 Å². The number of carbonyl (C=O) groups excluding carboxylic acids is 2. The number of hydrogen-bond donors (Lipinski definition) is 1. The smallest absolute Gasteiger partial charge is 0.251 e. The third-order valence-corrected chi connectivity index (χ3v) is 5.14. The summed E-state index contributed by atoms with van der Waals surface area (Å²) in [5.41, 5.74) is 3.78. The van der Waals surface area contributed by atoms with Crippen molar-refractivity contribution in [1.29, 1.82) is 0 Å². The zero-order chi connectivity index (χ0) is 20.1. The second kappa shape index (κ2) is 8.73. The molecule has 1 aliphatic heterocycles. The van der Waals surface area contributed by atoms with Crippen molar-refractivity contribution in [3.05, 3.63) is 83.7 Å². The second-order valence-corrected chi connectivity index (χ2v) is 7.24. The summed E-state index contributed by atoms with van der Waals surface area (Å²) < 4.78 is 1.81. The van der Waals surface area contributed by atoms with Gasteiger partial charge in [-0.15, -0.1) is 0 Å². The molecular weight excluding hydrogens is 364 g/mol. The largest absolute Gasteiger partial charge is 0.352 e. The minimum absolute atomic E-state index is 0.0900. The van der Waals surface area contributed by atoms with E-state index in [4.69, 9.17) is 0 Å². The Balaban J connectivity index is 1.29. The Hall–Kier alpha value is -3.41. The molecule has 1 fully saturated rings. The topological polar surface area (TPSA) is 67.2 Å². The Morgan fingerprint density at radius 3 is 2.66 bits per heavy atom. The molecule has 0 unspecified atom stereocenters. The Morgan fingerprint density at radius 2 is 1.93 bits per heavy atom. The SMILES string of the molecule is O=C(NCCc1ccc(-n2cccn2)cc1)c1cccc(CN2CCCC2=O)c1. The van der Waals surface area contributed by atoms with E-state index in [1.165, 1.54) is 0 Å². The van der Waals surface area contributed by atoms with Gasteiger partial charge in [0.25, 0.3) is 5.91 Å². The number of carbonyl (C=O) groups is 2. The molecule has 2 heterocycles. The van der Waals surface area contributed by atoms with Crippen LogP contribution in [0.1, 0.15) is 34.3 Å². The third kappa shape index (κ3) is 4.71. The average molecular weight is 388 g/mol. The lowest BCUT2D eigenvalue weighted by atomic mass is 10.1. The molecule has 0 spiro atoms. The highest BCUT2D eigenvalue weighted by atomic mass is 16.2. The van der Waals surface area contributed by atoms with Gasteiger partial charge in [0.1, 0.15) is 0 Å². The van der Waals surface area contributed by atoms with Crippen LogP contribution >= 0.6 is 0 Å². The molecule has 1 aromatic heterocycles. The van der Waals surface area contributed by atoms with Gasteiger partial charge in [-0.1, -0.05) is 24.3 Å². The molecule has 1 aliphatic rings. The fourth-order valence-electron chi connectivity index (χ4n) is 3.56. The summed E-state index contributed by atoms with van der Waals surface area (Å²) in [7, 11) is 0. The molecule has 3 aromatic rings. The van der Waals surface area contributed by atoms with Gasteiger partial charge in [0, 0.05) is 44.0 Å². The molecule has 0 atom stereocenters. The van der Waals surface area contributed by atoms with Gasteiger partial charge in [0.2, 0.25) is 5.91 Å². The fraction of sp³-hybridized carbons (Fsp3) is 0.261. The van der Waals surface area contributed by atoms with Gasteiger partial charge in [0.15, 0.2) is 0 Å². The van der Waals surface area contributed by atoms with Crippen LogP contribution in [0.5, 0.6) is 0 Å². The zero-order valence-electron chi connectivity index (χ0n) is 16.3. The van der Waals surface area contributed by atoms with Crippen molar-refractivity contribution in [3.8, 4) is 5.69 Å². The number of amides is 2. The molecular formula is C23H24N4O2. The van der Waals surface area contributed by atoms with Gasteiger partial charge in [-0.25, -0.2) is 4.68 Å². The maximum atomic E-state index is 12.5. The van der Waals surface area contributed by atoms with E-state index >= 15 is 0 Å². The molecule has 6 heteroatoms. The molecule has 0 saturated carbocycles. The van der Waals surface area contributed by atoms with Gasteiger partial charge < -0.3 is 10.2 Å². The minimum atomic E-state index is -0.0900. The zero-order valence-corrected chi connectivity index (χ0v) is 16.3. The monoisotopic (exact) mass is 388 g/mol. The highest BCUT2D eigenvalue weighted by molar-refractivity contribution is 5.94. The van der Waals surface area contributed by atoms with E-state index in [-0.39, 0.29) is 11.8 Å². The van der Waals surface area contributed by atoms with Gasteiger partial charge in [-0.2, -0.15) is 5.10 Å². The van der Waals surface area contributed by atoms with Gasteiger partial charge in [0.05, 0.1) is 5.69 Å². The summed E-state index contributed by atoms with van der Waals surface area (Å²) in [6.07, 6.45) is 5.96. The summed E-state index contributed by atoms with van der Waals surface area (Å²) in [6.45, 7) is 1.94. The number of aromatic nitrogens is 2. The number of nitrogens with zero attached hydrogens (tertiary/aromatic N) is 3. The molecule has 0 radical (unpaired) electrons. The first-order valence-electron chi connectivity index (χ1n) is 9.93. The first-order valence-corrected chi connectivity index (χ1v) is 9.93. The van der Waals surface area contributed by atoms with Gasteiger partial charge in [-0.3, -0.25) is 9.59 Å². The fourth-order valence-corrected chi connectivity index (χ4v) is 3.56. The first kappa shape index (κ1) is 18.9. The molecule has 2 aromatic carbocycles. The van der Waals surface area contributed by atoms with Crippen molar-refractivity contribution >= 4 is 11.8 Å². The van der Waals surface area contributed by atoms with E-state index in [2.05, 4.69) is 22.5 Å². The molecule has 4 rings (SSSR count). The van der Waals surface area contributed by atoms with E-state index < -0.39 is 0 Å². The van der Waals surface area contributed by atoms with Crippen molar-refractivity contribution in [2.24, 2.45) is 0 Å². The lowest BCUT2D eigenvalue weighted by molar-refractivity contribution is -0.128. The number of nitrogens with one attached hydrogen (secondary N) is 1. The lowest BCUT2D eigenvalue weighted by Gasteiger charge is -2.16. The maximum Gasteiger partial charge on any atom is 0.251 e. The highest BCUT2D eigenvalue weighted by Crippen LogP contribution is 2.15. The molecule has 0 aliphatic carbocycles. The van der Waals surface area contributed by atoms with Crippen LogP contribution in [-0.2, 0) is 17.8 Å². The number of likely N-dealkylation sites (tertiary alicyclic amines) is 1. The van der Waals surface area contributed by atoms with Crippen LogP contribution < -0.4 is 5.32 Å². The summed E-state index contributed by atoms with van der Waals surface area (Å²) in [4.78, 5) is 26.1. The van der Waals surface area contributed by atoms with Crippen LogP contribution in [0.15, 0.2) is 67.0 Å². The average Bonchev–Trinajstić information content (AvgIpc) is 3.41. The highest BCUT2D eigenvalue weighted by Gasteiger charge is 2.20. The Bertz CT molecular complexity index is 980. The molecule has 2 amide bonds. The summed E-state index contributed by atoms with van der Waals surface area (Å²) in [5.74, 6) is 0.103. The van der Waals surface area contributed by atoms with Crippen LogP contribution in [0.25, 0.3) is 5.69 Å². The molecule has 148 valence electrons. The molecule has 0 bridgehead atoms. The summed E-state index contributed by atoms with van der Waals surface area (Å²) in [6, 6.07) is 17.6. The Kier molecular flexibility index (Phi) is 5.70. The predicted molar refractivity (Wildman–Crippen MR) is 111 cm³/mol. The van der Waals surface area contributed by atoms with E-state index in [0.717, 1.165) is 36.2 Å². The summed E-state index contributed by atoms with van der Waals surface area (Å²) >= 11 is 0.